The summed E-state index contributed by atoms with van der Waals surface area (Å²) in [7, 11) is 0. The first kappa shape index (κ1) is 13.1. The van der Waals surface area contributed by atoms with Crippen LogP contribution in [-0.2, 0) is 4.74 Å². The Morgan fingerprint density at radius 3 is 2.56 bits per heavy atom. The van der Waals surface area contributed by atoms with Crippen LogP contribution < -0.4 is 5.73 Å². The highest BCUT2D eigenvalue weighted by atomic mass is 16.5. The summed E-state index contributed by atoms with van der Waals surface area (Å²) in [4.78, 5) is 4.29. The molecule has 0 amide bonds. The molecule has 1 unspecified atom stereocenters. The summed E-state index contributed by atoms with van der Waals surface area (Å²) < 4.78 is 10.7. The van der Waals surface area contributed by atoms with Crippen molar-refractivity contribution in [3.63, 3.8) is 0 Å². The molecule has 0 aromatic carbocycles. The van der Waals surface area contributed by atoms with E-state index in [4.69, 9.17) is 15.0 Å². The smallest absolute Gasteiger partial charge is 0.243 e. The van der Waals surface area contributed by atoms with Crippen molar-refractivity contribution in [2.45, 2.75) is 46.3 Å². The van der Waals surface area contributed by atoms with Gasteiger partial charge >= 0.3 is 0 Å². The van der Waals surface area contributed by atoms with Crippen LogP contribution in [0.15, 0.2) is 4.52 Å². The molecule has 1 heterocycles. The maximum absolute atomic E-state index is 5.93. The van der Waals surface area contributed by atoms with Gasteiger partial charge in [0.2, 0.25) is 11.7 Å². The van der Waals surface area contributed by atoms with Gasteiger partial charge in [0.25, 0.3) is 0 Å². The second-order valence-corrected chi connectivity index (χ2v) is 4.11. The van der Waals surface area contributed by atoms with Crippen LogP contribution in [0.1, 0.15) is 58.0 Å². The molecule has 0 fully saturated rings. The zero-order valence-electron chi connectivity index (χ0n) is 10.4. The van der Waals surface area contributed by atoms with Crippen LogP contribution in [0.25, 0.3) is 0 Å². The van der Waals surface area contributed by atoms with Crippen molar-refractivity contribution in [2.24, 2.45) is 11.7 Å². The molecule has 5 heteroatoms. The highest BCUT2D eigenvalue weighted by Gasteiger charge is 2.21. The second-order valence-electron chi connectivity index (χ2n) is 4.11. The average Bonchev–Trinajstić information content (AvgIpc) is 2.73. The Hall–Kier alpha value is -0.940. The lowest BCUT2D eigenvalue weighted by Crippen LogP contribution is -2.17. The first-order valence-electron chi connectivity index (χ1n) is 5.80. The van der Waals surface area contributed by atoms with Crippen LogP contribution in [-0.4, -0.2) is 16.7 Å². The van der Waals surface area contributed by atoms with Crippen LogP contribution in [0.4, 0.5) is 0 Å². The van der Waals surface area contributed by atoms with Crippen LogP contribution in [0.5, 0.6) is 0 Å². The number of hydrogen-bond acceptors (Lipinski definition) is 5. The van der Waals surface area contributed by atoms with Crippen LogP contribution in [0, 0.1) is 5.92 Å². The molecular weight excluding hydrogens is 206 g/mol. The van der Waals surface area contributed by atoms with E-state index in [9.17, 15) is 0 Å². The van der Waals surface area contributed by atoms with Gasteiger partial charge in [0.1, 0.15) is 6.10 Å². The van der Waals surface area contributed by atoms with Crippen molar-refractivity contribution < 1.29 is 9.26 Å². The van der Waals surface area contributed by atoms with Crippen LogP contribution in [0.3, 0.4) is 0 Å². The summed E-state index contributed by atoms with van der Waals surface area (Å²) in [5.74, 6) is 1.36. The van der Waals surface area contributed by atoms with E-state index in [1.165, 1.54) is 0 Å². The standard InChI is InChI=1S/C11H21N3O2/c1-5-8(15-6-2)10-13-11(16-14-10)9(12)7(3)4/h7-9H,5-6,12H2,1-4H3/t8?,9-/m0/s1. The predicted molar refractivity (Wildman–Crippen MR) is 60.7 cm³/mol. The summed E-state index contributed by atoms with van der Waals surface area (Å²) in [6.07, 6.45) is 0.728. The molecule has 0 bridgehead atoms. The normalized spacial score (nSPS) is 15.4. The fraction of sp³-hybridized carbons (Fsp3) is 0.818. The van der Waals surface area contributed by atoms with E-state index < -0.39 is 0 Å². The van der Waals surface area contributed by atoms with E-state index in [1.54, 1.807) is 0 Å². The van der Waals surface area contributed by atoms with Crippen molar-refractivity contribution in [3.05, 3.63) is 11.7 Å². The van der Waals surface area contributed by atoms with Crippen molar-refractivity contribution in [2.75, 3.05) is 6.61 Å². The summed E-state index contributed by atoms with van der Waals surface area (Å²) in [6.45, 7) is 8.66. The molecule has 0 spiro atoms. The van der Waals surface area contributed by atoms with E-state index in [2.05, 4.69) is 10.1 Å². The molecule has 0 aliphatic rings. The first-order valence-corrected chi connectivity index (χ1v) is 5.80. The molecular formula is C11H21N3O2. The summed E-state index contributed by atoms with van der Waals surface area (Å²) in [6, 6.07) is -0.208. The van der Waals surface area contributed by atoms with Gasteiger partial charge < -0.3 is 15.0 Å². The first-order chi connectivity index (χ1) is 7.60. The van der Waals surface area contributed by atoms with Gasteiger partial charge in [-0.3, -0.25) is 0 Å². The SMILES string of the molecule is CCOC(CC)c1noc([C@@H](N)C(C)C)n1. The molecule has 0 radical (unpaired) electrons. The van der Waals surface area contributed by atoms with Gasteiger partial charge in [-0.25, -0.2) is 0 Å². The quantitative estimate of drug-likeness (QED) is 0.806. The molecule has 0 aliphatic heterocycles. The maximum Gasteiger partial charge on any atom is 0.243 e. The number of ether oxygens (including phenoxy) is 1. The maximum atomic E-state index is 5.93. The lowest BCUT2D eigenvalue weighted by atomic mass is 10.1. The molecule has 5 nitrogen and oxygen atoms in total. The van der Waals surface area contributed by atoms with Crippen molar-refractivity contribution in [3.8, 4) is 0 Å². The number of hydrogen-bond donors (Lipinski definition) is 1. The zero-order chi connectivity index (χ0) is 12.1. The topological polar surface area (TPSA) is 74.2 Å². The third-order valence-electron chi connectivity index (χ3n) is 2.49. The largest absolute Gasteiger partial charge is 0.370 e. The van der Waals surface area contributed by atoms with Gasteiger partial charge in [0.05, 0.1) is 6.04 Å². The highest BCUT2D eigenvalue weighted by molar-refractivity contribution is 4.95. The van der Waals surface area contributed by atoms with Gasteiger partial charge in [-0.1, -0.05) is 25.9 Å². The molecule has 1 aromatic rings. The van der Waals surface area contributed by atoms with E-state index in [0.717, 1.165) is 6.42 Å². The molecule has 0 saturated carbocycles. The monoisotopic (exact) mass is 227 g/mol. The Labute approximate surface area is 96.4 Å². The van der Waals surface area contributed by atoms with E-state index in [1.807, 2.05) is 27.7 Å². The van der Waals surface area contributed by atoms with Gasteiger partial charge in [-0.05, 0) is 19.3 Å². The Morgan fingerprint density at radius 1 is 1.38 bits per heavy atom. The summed E-state index contributed by atoms with van der Waals surface area (Å²) in [5.41, 5.74) is 5.93. The fourth-order valence-electron chi connectivity index (χ4n) is 1.37. The lowest BCUT2D eigenvalue weighted by molar-refractivity contribution is 0.0518. The van der Waals surface area contributed by atoms with Crippen molar-refractivity contribution >= 4 is 0 Å². The van der Waals surface area contributed by atoms with Crippen molar-refractivity contribution in [1.29, 1.82) is 0 Å². The average molecular weight is 227 g/mol. The number of aromatic nitrogens is 2. The van der Waals surface area contributed by atoms with Gasteiger partial charge in [-0.15, -0.1) is 0 Å². The minimum Gasteiger partial charge on any atom is -0.370 e. The fourth-order valence-corrected chi connectivity index (χ4v) is 1.37. The van der Waals surface area contributed by atoms with E-state index >= 15 is 0 Å². The Morgan fingerprint density at radius 2 is 2.06 bits per heavy atom. The Balaban J connectivity index is 2.76. The molecule has 2 atom stereocenters. The zero-order valence-corrected chi connectivity index (χ0v) is 10.4. The highest BCUT2D eigenvalue weighted by Crippen LogP contribution is 2.22. The van der Waals surface area contributed by atoms with E-state index in [0.29, 0.717) is 18.3 Å². The minimum absolute atomic E-state index is 0.0955. The van der Waals surface area contributed by atoms with Crippen molar-refractivity contribution in [1.82, 2.24) is 10.1 Å². The van der Waals surface area contributed by atoms with Crippen LogP contribution >= 0.6 is 0 Å². The van der Waals surface area contributed by atoms with Crippen LogP contribution in [0.2, 0.25) is 0 Å². The summed E-state index contributed by atoms with van der Waals surface area (Å²) in [5, 5.41) is 3.92. The van der Waals surface area contributed by atoms with Gasteiger partial charge in [0.15, 0.2) is 0 Å². The number of nitrogens with two attached hydrogens (primary N) is 1. The number of nitrogens with zero attached hydrogens (tertiary/aromatic N) is 2. The molecule has 0 aliphatic carbocycles. The van der Waals surface area contributed by atoms with E-state index in [-0.39, 0.29) is 18.1 Å². The molecule has 0 saturated heterocycles. The predicted octanol–water partition coefficient (Wildman–Crippen LogP) is 2.21. The second kappa shape index (κ2) is 5.96. The molecule has 92 valence electrons. The third-order valence-corrected chi connectivity index (χ3v) is 2.49. The third kappa shape index (κ3) is 3.02. The minimum atomic E-state index is -0.208. The lowest BCUT2D eigenvalue weighted by Gasteiger charge is -2.10. The number of rotatable bonds is 6. The Bertz CT molecular complexity index is 312. The van der Waals surface area contributed by atoms with Gasteiger partial charge in [0, 0.05) is 6.61 Å². The molecule has 1 rings (SSSR count). The Kier molecular flexibility index (Phi) is 4.89. The molecule has 16 heavy (non-hydrogen) atoms. The summed E-state index contributed by atoms with van der Waals surface area (Å²) >= 11 is 0. The molecule has 2 N–H and O–H groups in total. The molecule has 1 aromatic heterocycles. The van der Waals surface area contributed by atoms with Gasteiger partial charge in [-0.2, -0.15) is 4.98 Å².